The lowest BCUT2D eigenvalue weighted by Gasteiger charge is -2.12. The molecule has 0 aliphatic heterocycles. The first-order chi connectivity index (χ1) is 11.6. The second kappa shape index (κ2) is 6.79. The highest BCUT2D eigenvalue weighted by Gasteiger charge is 2.12. The molecule has 2 aromatic carbocycles. The van der Waals surface area contributed by atoms with Crippen LogP contribution in [0.2, 0.25) is 0 Å². The Kier molecular flexibility index (Phi) is 4.56. The lowest BCUT2D eigenvalue weighted by atomic mass is 10.0. The van der Waals surface area contributed by atoms with Crippen LogP contribution in [-0.4, -0.2) is 18.0 Å². The molecule has 0 spiro atoms. The van der Waals surface area contributed by atoms with Gasteiger partial charge in [-0.05, 0) is 48.2 Å². The van der Waals surface area contributed by atoms with Crippen molar-refractivity contribution in [2.75, 3.05) is 12.4 Å². The maximum absolute atomic E-state index is 12.5. The van der Waals surface area contributed by atoms with Gasteiger partial charge in [0.2, 0.25) is 5.91 Å². The van der Waals surface area contributed by atoms with E-state index in [1.165, 1.54) is 0 Å². The third kappa shape index (κ3) is 3.13. The van der Waals surface area contributed by atoms with Crippen LogP contribution in [-0.2, 0) is 17.6 Å². The van der Waals surface area contributed by atoms with Crippen LogP contribution in [0.1, 0.15) is 23.6 Å². The Hall–Kier alpha value is -2.75. The van der Waals surface area contributed by atoms with Crippen molar-refractivity contribution in [3.8, 4) is 5.75 Å². The minimum Gasteiger partial charge on any atom is -0.497 e. The number of aromatic amines is 1. The third-order valence-corrected chi connectivity index (χ3v) is 4.33. The van der Waals surface area contributed by atoms with E-state index in [0.29, 0.717) is 6.42 Å². The largest absolute Gasteiger partial charge is 0.497 e. The molecule has 1 heterocycles. The smallest absolute Gasteiger partial charge is 0.228 e. The fourth-order valence-electron chi connectivity index (χ4n) is 2.99. The number of aryl methyl sites for hydroxylation is 2. The lowest BCUT2D eigenvalue weighted by Crippen LogP contribution is -2.16. The van der Waals surface area contributed by atoms with Crippen molar-refractivity contribution in [1.29, 1.82) is 0 Å². The van der Waals surface area contributed by atoms with E-state index < -0.39 is 0 Å². The van der Waals surface area contributed by atoms with Gasteiger partial charge in [-0.3, -0.25) is 4.79 Å². The zero-order valence-electron chi connectivity index (χ0n) is 14.3. The second-order valence-corrected chi connectivity index (χ2v) is 5.91. The molecule has 1 aromatic heterocycles. The van der Waals surface area contributed by atoms with Crippen LogP contribution in [0, 0.1) is 6.92 Å². The molecule has 124 valence electrons. The van der Waals surface area contributed by atoms with E-state index in [4.69, 9.17) is 4.74 Å². The number of rotatable bonds is 5. The Morgan fingerprint density at radius 2 is 2.04 bits per heavy atom. The summed E-state index contributed by atoms with van der Waals surface area (Å²) in [5.41, 5.74) is 5.14. The fraction of sp³-hybridized carbons (Fsp3) is 0.250. The van der Waals surface area contributed by atoms with E-state index in [1.807, 2.05) is 43.5 Å². The number of methoxy groups -OCH3 is 1. The summed E-state index contributed by atoms with van der Waals surface area (Å²) < 4.78 is 5.28. The van der Waals surface area contributed by atoms with E-state index in [-0.39, 0.29) is 5.91 Å². The van der Waals surface area contributed by atoms with Gasteiger partial charge in [-0.2, -0.15) is 0 Å². The van der Waals surface area contributed by atoms with Crippen molar-refractivity contribution >= 4 is 22.5 Å². The van der Waals surface area contributed by atoms with E-state index in [1.54, 1.807) is 7.11 Å². The molecule has 24 heavy (non-hydrogen) atoms. The summed E-state index contributed by atoms with van der Waals surface area (Å²) in [6.07, 6.45) is 3.11. The molecule has 0 bridgehead atoms. The van der Waals surface area contributed by atoms with Crippen LogP contribution < -0.4 is 10.1 Å². The molecule has 0 radical (unpaired) electrons. The van der Waals surface area contributed by atoms with Crippen LogP contribution in [0.25, 0.3) is 10.9 Å². The van der Waals surface area contributed by atoms with Gasteiger partial charge >= 0.3 is 0 Å². The molecule has 4 heteroatoms. The number of ether oxygens (including phenoxy) is 1. The first kappa shape index (κ1) is 16.1. The fourth-order valence-corrected chi connectivity index (χ4v) is 2.99. The molecule has 0 unspecified atom stereocenters. The highest BCUT2D eigenvalue weighted by Crippen LogP contribution is 2.25. The molecular formula is C20H22N2O2. The van der Waals surface area contributed by atoms with Crippen LogP contribution >= 0.6 is 0 Å². The summed E-state index contributed by atoms with van der Waals surface area (Å²) in [5.74, 6) is 0.777. The quantitative estimate of drug-likeness (QED) is 0.738. The molecule has 3 aromatic rings. The van der Waals surface area contributed by atoms with Crippen molar-refractivity contribution < 1.29 is 9.53 Å². The van der Waals surface area contributed by atoms with Gasteiger partial charge in [-0.15, -0.1) is 0 Å². The number of H-pyrrole nitrogens is 1. The molecule has 1 amide bonds. The molecule has 0 saturated heterocycles. The molecule has 0 fully saturated rings. The maximum atomic E-state index is 12.5. The molecule has 3 rings (SSSR count). The first-order valence-corrected chi connectivity index (χ1v) is 8.14. The molecule has 0 aliphatic rings. The minimum absolute atomic E-state index is 0.0114. The standard InChI is InChI=1S/C20H22N2O2/c1-4-14-7-5-6-13(2)20(14)22-19(23)10-15-12-21-18-9-8-16(24-3)11-17(15)18/h5-9,11-12,21H,4,10H2,1-3H3,(H,22,23). The number of benzene rings is 2. The Morgan fingerprint density at radius 3 is 2.79 bits per heavy atom. The van der Waals surface area contributed by atoms with Crippen molar-refractivity contribution in [3.63, 3.8) is 0 Å². The molecule has 0 atom stereocenters. The van der Waals surface area contributed by atoms with Crippen LogP contribution in [0.5, 0.6) is 5.75 Å². The second-order valence-electron chi connectivity index (χ2n) is 5.91. The van der Waals surface area contributed by atoms with E-state index in [9.17, 15) is 4.79 Å². The number of amides is 1. The predicted octanol–water partition coefficient (Wildman–Crippen LogP) is 4.23. The van der Waals surface area contributed by atoms with Crippen LogP contribution in [0.4, 0.5) is 5.69 Å². The average Bonchev–Trinajstić information content (AvgIpc) is 2.98. The topological polar surface area (TPSA) is 54.1 Å². The Labute approximate surface area is 141 Å². The summed E-state index contributed by atoms with van der Waals surface area (Å²) in [5, 5.41) is 4.10. The van der Waals surface area contributed by atoms with Crippen molar-refractivity contribution in [3.05, 3.63) is 59.3 Å². The summed E-state index contributed by atoms with van der Waals surface area (Å²) in [6, 6.07) is 11.9. The highest BCUT2D eigenvalue weighted by molar-refractivity contribution is 5.97. The number of para-hydroxylation sites is 1. The lowest BCUT2D eigenvalue weighted by molar-refractivity contribution is -0.115. The zero-order valence-corrected chi connectivity index (χ0v) is 14.3. The highest BCUT2D eigenvalue weighted by atomic mass is 16.5. The summed E-state index contributed by atoms with van der Waals surface area (Å²) >= 11 is 0. The predicted molar refractivity (Wildman–Crippen MR) is 97.7 cm³/mol. The van der Waals surface area contributed by atoms with E-state index in [0.717, 1.165) is 45.5 Å². The SMILES string of the molecule is CCc1cccc(C)c1NC(=O)Cc1c[nH]c2ccc(OC)cc12. The van der Waals surface area contributed by atoms with Crippen molar-refractivity contribution in [2.24, 2.45) is 0 Å². The van der Waals surface area contributed by atoms with Gasteiger partial charge in [0.1, 0.15) is 5.75 Å². The summed E-state index contributed by atoms with van der Waals surface area (Å²) in [4.78, 5) is 15.7. The molecule has 2 N–H and O–H groups in total. The number of nitrogens with one attached hydrogen (secondary N) is 2. The van der Waals surface area contributed by atoms with Gasteiger partial charge in [0, 0.05) is 22.8 Å². The Balaban J connectivity index is 1.83. The van der Waals surface area contributed by atoms with Gasteiger partial charge in [0.05, 0.1) is 13.5 Å². The number of carbonyl (C=O) groups excluding carboxylic acids is 1. The Morgan fingerprint density at radius 1 is 1.21 bits per heavy atom. The van der Waals surface area contributed by atoms with Crippen LogP contribution in [0.3, 0.4) is 0 Å². The van der Waals surface area contributed by atoms with Gasteiger partial charge < -0.3 is 15.0 Å². The van der Waals surface area contributed by atoms with Gasteiger partial charge in [-0.1, -0.05) is 25.1 Å². The Bertz CT molecular complexity index is 880. The number of aromatic nitrogens is 1. The van der Waals surface area contributed by atoms with Crippen molar-refractivity contribution in [2.45, 2.75) is 26.7 Å². The first-order valence-electron chi connectivity index (χ1n) is 8.14. The summed E-state index contributed by atoms with van der Waals surface area (Å²) in [6.45, 7) is 4.11. The molecule has 4 nitrogen and oxygen atoms in total. The van der Waals surface area contributed by atoms with Gasteiger partial charge in [0.25, 0.3) is 0 Å². The van der Waals surface area contributed by atoms with Crippen molar-refractivity contribution in [1.82, 2.24) is 4.98 Å². The number of fused-ring (bicyclic) bond motifs is 1. The van der Waals surface area contributed by atoms with E-state index >= 15 is 0 Å². The number of anilines is 1. The molecular weight excluding hydrogens is 300 g/mol. The van der Waals surface area contributed by atoms with Gasteiger partial charge in [-0.25, -0.2) is 0 Å². The number of carbonyl (C=O) groups is 1. The summed E-state index contributed by atoms with van der Waals surface area (Å²) in [7, 11) is 1.64. The third-order valence-electron chi connectivity index (χ3n) is 4.33. The monoisotopic (exact) mass is 322 g/mol. The number of hydrogen-bond acceptors (Lipinski definition) is 2. The zero-order chi connectivity index (χ0) is 17.1. The van der Waals surface area contributed by atoms with E-state index in [2.05, 4.69) is 23.3 Å². The number of hydrogen-bond donors (Lipinski definition) is 2. The molecule has 0 saturated carbocycles. The molecule has 0 aliphatic carbocycles. The normalized spacial score (nSPS) is 10.8. The maximum Gasteiger partial charge on any atom is 0.228 e. The average molecular weight is 322 g/mol. The van der Waals surface area contributed by atoms with Crippen LogP contribution in [0.15, 0.2) is 42.6 Å². The minimum atomic E-state index is -0.0114. The van der Waals surface area contributed by atoms with Gasteiger partial charge in [0.15, 0.2) is 0 Å².